The van der Waals surface area contributed by atoms with Crippen molar-refractivity contribution in [3.63, 3.8) is 0 Å². The van der Waals surface area contributed by atoms with E-state index < -0.39 is 72.8 Å². The van der Waals surface area contributed by atoms with Crippen LogP contribution in [0.1, 0.15) is 32.1 Å². The van der Waals surface area contributed by atoms with Crippen molar-refractivity contribution >= 4 is 41.5 Å². The molecule has 0 bridgehead atoms. The number of primary amides is 1. The number of carbonyl (C=O) groups excluding carboxylic acids is 4. The molecule has 198 valence electrons. The molecule has 0 radical (unpaired) electrons. The summed E-state index contributed by atoms with van der Waals surface area (Å²) in [4.78, 5) is 74.4. The fraction of sp³-hybridized carbons (Fsp3) is 0.611. The number of guanidine groups is 1. The number of rotatable bonds is 17. The SMILES string of the molecule is NC(=O)CCC(N)C(=O)NC(CC(=O)O)C(=O)NC(CCCN=C(N)N)C(=O)NC(CO)C(=O)O. The lowest BCUT2D eigenvalue weighted by molar-refractivity contribution is -0.144. The quantitative estimate of drug-likeness (QED) is 0.0504. The molecule has 0 spiro atoms. The van der Waals surface area contributed by atoms with Crippen LogP contribution in [0.25, 0.3) is 0 Å². The summed E-state index contributed by atoms with van der Waals surface area (Å²) in [6.07, 6.45) is -1.23. The minimum atomic E-state index is -1.67. The first-order chi connectivity index (χ1) is 16.3. The number of amides is 4. The van der Waals surface area contributed by atoms with E-state index in [-0.39, 0.29) is 38.2 Å². The minimum absolute atomic E-state index is 0.0500. The van der Waals surface area contributed by atoms with Gasteiger partial charge in [-0.3, -0.25) is 29.0 Å². The second-order valence-electron chi connectivity index (χ2n) is 7.36. The summed E-state index contributed by atoms with van der Waals surface area (Å²) in [7, 11) is 0. The lowest BCUT2D eigenvalue weighted by atomic mass is 10.1. The summed E-state index contributed by atoms with van der Waals surface area (Å²) < 4.78 is 0. The van der Waals surface area contributed by atoms with Crippen LogP contribution < -0.4 is 38.9 Å². The van der Waals surface area contributed by atoms with E-state index in [2.05, 4.69) is 15.6 Å². The maximum absolute atomic E-state index is 12.7. The van der Waals surface area contributed by atoms with E-state index in [4.69, 9.17) is 38.3 Å². The summed E-state index contributed by atoms with van der Waals surface area (Å²) in [5, 5.41) is 33.7. The number of aliphatic imine (C=N–C) groups is 1. The molecule has 0 aliphatic rings. The molecular formula is C18H32N8O9. The Balaban J connectivity index is 5.52. The smallest absolute Gasteiger partial charge is 0.328 e. The predicted molar refractivity (Wildman–Crippen MR) is 119 cm³/mol. The molecule has 4 atom stereocenters. The van der Waals surface area contributed by atoms with Crippen LogP contribution in [0.4, 0.5) is 0 Å². The van der Waals surface area contributed by atoms with Crippen LogP contribution >= 0.6 is 0 Å². The summed E-state index contributed by atoms with van der Waals surface area (Å²) in [5.41, 5.74) is 21.0. The topological polar surface area (TPSA) is 316 Å². The zero-order chi connectivity index (χ0) is 27.1. The van der Waals surface area contributed by atoms with E-state index in [1.807, 2.05) is 5.32 Å². The Morgan fingerprint density at radius 3 is 1.83 bits per heavy atom. The number of carboxylic acids is 2. The van der Waals surface area contributed by atoms with Gasteiger partial charge in [0.05, 0.1) is 19.1 Å². The molecule has 0 saturated carbocycles. The largest absolute Gasteiger partial charge is 0.481 e. The second kappa shape index (κ2) is 15.8. The Bertz CT molecular complexity index is 816. The molecule has 0 aliphatic carbocycles. The van der Waals surface area contributed by atoms with Crippen molar-refractivity contribution in [1.29, 1.82) is 0 Å². The highest BCUT2D eigenvalue weighted by Crippen LogP contribution is 2.04. The van der Waals surface area contributed by atoms with Gasteiger partial charge in [0.1, 0.15) is 18.1 Å². The van der Waals surface area contributed by atoms with Crippen LogP contribution in [0, 0.1) is 0 Å². The van der Waals surface area contributed by atoms with E-state index >= 15 is 0 Å². The fourth-order valence-electron chi connectivity index (χ4n) is 2.59. The number of nitrogens with zero attached hydrogens (tertiary/aromatic N) is 1. The molecule has 0 aromatic rings. The molecule has 0 aliphatic heterocycles. The van der Waals surface area contributed by atoms with Crippen LogP contribution in [0.2, 0.25) is 0 Å². The van der Waals surface area contributed by atoms with Gasteiger partial charge in [0.15, 0.2) is 5.96 Å². The Morgan fingerprint density at radius 1 is 0.800 bits per heavy atom. The molecule has 0 aromatic heterocycles. The maximum Gasteiger partial charge on any atom is 0.328 e. The van der Waals surface area contributed by atoms with Crippen LogP contribution in [0.15, 0.2) is 4.99 Å². The molecule has 17 heteroatoms. The highest BCUT2D eigenvalue weighted by Gasteiger charge is 2.31. The number of aliphatic hydroxyl groups is 1. The van der Waals surface area contributed by atoms with Gasteiger partial charge in [-0.15, -0.1) is 0 Å². The number of nitrogens with two attached hydrogens (primary N) is 4. The Morgan fingerprint density at radius 2 is 1.34 bits per heavy atom. The van der Waals surface area contributed by atoms with Crippen molar-refractivity contribution in [2.45, 2.75) is 56.3 Å². The van der Waals surface area contributed by atoms with Gasteiger partial charge >= 0.3 is 11.9 Å². The van der Waals surface area contributed by atoms with Gasteiger partial charge in [-0.1, -0.05) is 0 Å². The monoisotopic (exact) mass is 504 g/mol. The van der Waals surface area contributed by atoms with Crippen molar-refractivity contribution in [1.82, 2.24) is 16.0 Å². The number of hydrogen-bond acceptors (Lipinski definition) is 9. The Hall–Kier alpha value is -3.99. The number of carboxylic acid groups (broad SMARTS) is 2. The molecule has 0 fully saturated rings. The highest BCUT2D eigenvalue weighted by molar-refractivity contribution is 5.95. The Kier molecular flexibility index (Phi) is 14.0. The first-order valence-electron chi connectivity index (χ1n) is 10.3. The van der Waals surface area contributed by atoms with E-state index in [0.29, 0.717) is 0 Å². The van der Waals surface area contributed by atoms with Gasteiger partial charge in [0.25, 0.3) is 0 Å². The third-order valence-electron chi connectivity index (χ3n) is 4.43. The first-order valence-corrected chi connectivity index (χ1v) is 10.3. The molecule has 0 heterocycles. The predicted octanol–water partition coefficient (Wildman–Crippen LogP) is -5.36. The minimum Gasteiger partial charge on any atom is -0.481 e. The van der Waals surface area contributed by atoms with Gasteiger partial charge in [-0.2, -0.15) is 0 Å². The Labute approximate surface area is 199 Å². The molecule has 4 amide bonds. The van der Waals surface area contributed by atoms with Gasteiger partial charge in [0.2, 0.25) is 23.6 Å². The van der Waals surface area contributed by atoms with Crippen molar-refractivity contribution in [2.75, 3.05) is 13.2 Å². The number of aliphatic carboxylic acids is 2. The van der Waals surface area contributed by atoms with Gasteiger partial charge in [-0.25, -0.2) is 4.79 Å². The molecule has 14 N–H and O–H groups in total. The zero-order valence-corrected chi connectivity index (χ0v) is 18.8. The van der Waals surface area contributed by atoms with Crippen LogP contribution in [0.5, 0.6) is 0 Å². The molecule has 35 heavy (non-hydrogen) atoms. The fourth-order valence-corrected chi connectivity index (χ4v) is 2.59. The van der Waals surface area contributed by atoms with Gasteiger partial charge in [0, 0.05) is 13.0 Å². The molecule has 0 rings (SSSR count). The standard InChI is InChI=1S/C18H32N8O9/c19-8(3-4-12(20)28)14(31)25-10(6-13(29)30)16(33)24-9(2-1-5-23-18(21)22)15(32)26-11(7-27)17(34)35/h8-11,27H,1-7,19H2,(H2,20,28)(H,24,33)(H,25,31)(H,26,32)(H,29,30)(H,34,35)(H4,21,22,23). The van der Waals surface area contributed by atoms with Crippen LogP contribution in [-0.2, 0) is 28.8 Å². The molecule has 0 aromatic carbocycles. The lowest BCUT2D eigenvalue weighted by Gasteiger charge is -2.24. The van der Waals surface area contributed by atoms with Crippen molar-refractivity contribution in [3.05, 3.63) is 0 Å². The van der Waals surface area contributed by atoms with Gasteiger partial charge in [-0.05, 0) is 19.3 Å². The lowest BCUT2D eigenvalue weighted by Crippen LogP contribution is -2.57. The van der Waals surface area contributed by atoms with Crippen molar-refractivity contribution in [2.24, 2.45) is 27.9 Å². The maximum atomic E-state index is 12.7. The van der Waals surface area contributed by atoms with Crippen LogP contribution in [-0.4, -0.2) is 94.2 Å². The summed E-state index contributed by atoms with van der Waals surface area (Å²) in [6, 6.07) is -6.01. The molecule has 0 saturated heterocycles. The number of nitrogens with one attached hydrogen (secondary N) is 3. The second-order valence-corrected chi connectivity index (χ2v) is 7.36. The summed E-state index contributed by atoms with van der Waals surface area (Å²) >= 11 is 0. The third kappa shape index (κ3) is 13.3. The van der Waals surface area contributed by atoms with E-state index in [1.165, 1.54) is 0 Å². The average molecular weight is 505 g/mol. The summed E-state index contributed by atoms with van der Waals surface area (Å²) in [6.45, 7) is -0.884. The third-order valence-corrected chi connectivity index (χ3v) is 4.43. The number of hydrogen-bond donors (Lipinski definition) is 10. The van der Waals surface area contributed by atoms with Crippen molar-refractivity contribution in [3.8, 4) is 0 Å². The average Bonchev–Trinajstić information content (AvgIpc) is 2.75. The van der Waals surface area contributed by atoms with Gasteiger partial charge < -0.3 is 54.2 Å². The molecule has 4 unspecified atom stereocenters. The zero-order valence-electron chi connectivity index (χ0n) is 18.8. The molecular weight excluding hydrogens is 472 g/mol. The van der Waals surface area contributed by atoms with E-state index in [9.17, 15) is 28.8 Å². The highest BCUT2D eigenvalue weighted by atomic mass is 16.4. The molecule has 17 nitrogen and oxygen atoms in total. The number of carbonyl (C=O) groups is 6. The first kappa shape index (κ1) is 31.0. The van der Waals surface area contributed by atoms with E-state index in [1.54, 1.807) is 0 Å². The summed E-state index contributed by atoms with van der Waals surface area (Å²) in [5.74, 6) is -6.96. The van der Waals surface area contributed by atoms with Crippen LogP contribution in [0.3, 0.4) is 0 Å². The van der Waals surface area contributed by atoms with Crippen molar-refractivity contribution < 1.29 is 44.1 Å². The normalized spacial score (nSPS) is 13.9. The van der Waals surface area contributed by atoms with E-state index in [0.717, 1.165) is 0 Å². The number of aliphatic hydroxyl groups excluding tert-OH is 1.